The summed E-state index contributed by atoms with van der Waals surface area (Å²) in [7, 11) is 1.96. The predicted octanol–water partition coefficient (Wildman–Crippen LogP) is 0.668. The molecule has 1 aliphatic heterocycles. The van der Waals surface area contributed by atoms with Crippen molar-refractivity contribution in [3.63, 3.8) is 0 Å². The van der Waals surface area contributed by atoms with Crippen molar-refractivity contribution < 1.29 is 0 Å². The van der Waals surface area contributed by atoms with Gasteiger partial charge in [0.25, 0.3) is 0 Å². The average Bonchev–Trinajstić information content (AvgIpc) is 1.76. The van der Waals surface area contributed by atoms with E-state index in [2.05, 4.69) is 16.3 Å². The molecule has 0 N–H and O–H groups in total. The van der Waals surface area contributed by atoms with E-state index in [1.165, 1.54) is 0 Å². The molecule has 1 rings (SSSR count). The Bertz CT molecular complexity index is 65.0. The van der Waals surface area contributed by atoms with E-state index in [0.29, 0.717) is 13.8 Å². The van der Waals surface area contributed by atoms with E-state index < -0.39 is 0 Å². The van der Waals surface area contributed by atoms with Crippen molar-refractivity contribution in [1.29, 1.82) is 0 Å². The van der Waals surface area contributed by atoms with Crippen molar-refractivity contribution in [2.24, 2.45) is 0 Å². The number of hydrogen-bond donors (Lipinski definition) is 0. The molecule has 0 aliphatic carbocycles. The van der Waals surface area contributed by atoms with Gasteiger partial charge in [-0.3, -0.25) is 0 Å². The third-order valence-corrected chi connectivity index (χ3v) is 3.92. The molecule has 0 nitrogen and oxygen atoms in total. The van der Waals surface area contributed by atoms with Gasteiger partial charge in [0.05, 0.1) is 0 Å². The molecular weight excluding hydrogens is 141 g/mol. The monoisotopic (exact) mass is 145 g/mol. The molecular formula is C3H3GeS. The van der Waals surface area contributed by atoms with Crippen LogP contribution in [0, 0.1) is 0 Å². The van der Waals surface area contributed by atoms with E-state index in [9.17, 15) is 0 Å². The molecule has 0 amide bonds. The van der Waals surface area contributed by atoms with Gasteiger partial charge in [-0.15, -0.1) is 0 Å². The van der Waals surface area contributed by atoms with Crippen LogP contribution in [-0.4, -0.2) is 18.7 Å². The number of allylic oxidation sites excluding steroid dienone is 1. The fourth-order valence-electron chi connectivity index (χ4n) is 0.196. The third-order valence-electron chi connectivity index (χ3n) is 0.379. The van der Waals surface area contributed by atoms with Crippen LogP contribution in [0.5, 0.6) is 0 Å². The molecule has 0 atom stereocenters. The van der Waals surface area contributed by atoms with Crippen LogP contribution in [0.2, 0.25) is 0 Å². The van der Waals surface area contributed by atoms with Gasteiger partial charge in [0, 0.05) is 0 Å². The normalized spacial score (nSPS) is 17.6. The first kappa shape index (κ1) is 3.68. The van der Waals surface area contributed by atoms with Gasteiger partial charge in [0.2, 0.25) is 0 Å². The standard InChI is InChI=1S/C3H3GeS/c1-2-4-5-3-1/h1-3H. The van der Waals surface area contributed by atoms with E-state index in [1.54, 1.807) is 0 Å². The molecule has 0 fully saturated rings. The van der Waals surface area contributed by atoms with Crippen molar-refractivity contribution in [2.75, 3.05) is 0 Å². The first-order valence-electron chi connectivity index (χ1n) is 1.40. The van der Waals surface area contributed by atoms with Crippen molar-refractivity contribution in [1.82, 2.24) is 0 Å². The Morgan fingerprint density at radius 1 is 1.60 bits per heavy atom. The Morgan fingerprint density at radius 2 is 2.60 bits per heavy atom. The second-order valence-corrected chi connectivity index (χ2v) is 5.14. The molecule has 1 radical (unpaired) electrons. The summed E-state index contributed by atoms with van der Waals surface area (Å²) in [5, 5.41) is 2.15. The number of hydrogen-bond acceptors (Lipinski definition) is 1. The Hall–Kier alpha value is 0.503. The van der Waals surface area contributed by atoms with Crippen LogP contribution in [0.25, 0.3) is 0 Å². The van der Waals surface area contributed by atoms with Crippen LogP contribution in [-0.2, 0) is 0 Å². The van der Waals surface area contributed by atoms with Crippen molar-refractivity contribution >= 4 is 28.8 Å². The summed E-state index contributed by atoms with van der Waals surface area (Å²) >= 11 is 0.319. The SMILES string of the molecule is C1=C[S][Ge]=[CH]1. The van der Waals surface area contributed by atoms with E-state index in [-0.39, 0.29) is 0 Å². The topological polar surface area (TPSA) is 0 Å². The van der Waals surface area contributed by atoms with Gasteiger partial charge < -0.3 is 0 Å². The Morgan fingerprint density at radius 3 is 2.80 bits per heavy atom. The first-order valence-corrected chi connectivity index (χ1v) is 6.06. The molecule has 2 heteroatoms. The van der Waals surface area contributed by atoms with Crippen LogP contribution >= 0.6 is 10.1 Å². The predicted molar refractivity (Wildman–Crippen MR) is 28.5 cm³/mol. The summed E-state index contributed by atoms with van der Waals surface area (Å²) in [6.07, 6.45) is 2.13. The molecule has 0 unspecified atom stereocenters. The fourth-order valence-corrected chi connectivity index (χ4v) is 3.06. The Kier molecular flexibility index (Phi) is 1.34. The molecule has 5 heavy (non-hydrogen) atoms. The molecule has 0 saturated heterocycles. The zero-order valence-corrected chi connectivity index (χ0v) is 5.55. The second-order valence-electron chi connectivity index (χ2n) is 0.731. The van der Waals surface area contributed by atoms with Gasteiger partial charge in [-0.2, -0.15) is 0 Å². The molecule has 1 heterocycles. The summed E-state index contributed by atoms with van der Waals surface area (Å²) in [4.78, 5) is 2.27. The van der Waals surface area contributed by atoms with Crippen LogP contribution in [0.15, 0.2) is 11.5 Å². The minimum atomic E-state index is 0.319. The first-order chi connectivity index (χ1) is 2.50. The van der Waals surface area contributed by atoms with E-state index in [4.69, 9.17) is 0 Å². The molecule has 0 aromatic rings. The zero-order valence-electron chi connectivity index (χ0n) is 2.64. The van der Waals surface area contributed by atoms with Gasteiger partial charge in [-0.1, -0.05) is 0 Å². The van der Waals surface area contributed by atoms with Gasteiger partial charge >= 0.3 is 40.3 Å². The van der Waals surface area contributed by atoms with Crippen molar-refractivity contribution in [3.8, 4) is 0 Å². The molecule has 25 valence electrons. The summed E-state index contributed by atoms with van der Waals surface area (Å²) < 4.78 is 0. The molecule has 0 spiro atoms. The van der Waals surface area contributed by atoms with E-state index in [0.717, 1.165) is 0 Å². The van der Waals surface area contributed by atoms with Crippen LogP contribution < -0.4 is 0 Å². The van der Waals surface area contributed by atoms with Gasteiger partial charge in [0.15, 0.2) is 0 Å². The van der Waals surface area contributed by atoms with Gasteiger partial charge in [0.1, 0.15) is 0 Å². The third kappa shape index (κ3) is 0.932. The Labute approximate surface area is 40.7 Å². The summed E-state index contributed by atoms with van der Waals surface area (Å²) in [6.45, 7) is 0. The molecule has 1 aliphatic rings. The summed E-state index contributed by atoms with van der Waals surface area (Å²) in [5.41, 5.74) is 0. The van der Waals surface area contributed by atoms with Crippen LogP contribution in [0.4, 0.5) is 0 Å². The van der Waals surface area contributed by atoms with Crippen LogP contribution in [0.3, 0.4) is 0 Å². The quantitative estimate of drug-likeness (QED) is 0.450. The molecule has 0 saturated carbocycles. The van der Waals surface area contributed by atoms with E-state index in [1.807, 2.05) is 10.1 Å². The van der Waals surface area contributed by atoms with Crippen molar-refractivity contribution in [2.45, 2.75) is 0 Å². The van der Waals surface area contributed by atoms with Crippen LogP contribution in [0.1, 0.15) is 0 Å². The molecule has 0 aromatic heterocycles. The average molecular weight is 144 g/mol. The van der Waals surface area contributed by atoms with Gasteiger partial charge in [-0.05, 0) is 0 Å². The van der Waals surface area contributed by atoms with E-state index >= 15 is 0 Å². The second kappa shape index (κ2) is 1.82. The molecule has 0 aromatic carbocycles. The zero-order chi connectivity index (χ0) is 3.54. The van der Waals surface area contributed by atoms with Gasteiger partial charge in [-0.25, -0.2) is 0 Å². The summed E-state index contributed by atoms with van der Waals surface area (Å²) in [6, 6.07) is 0. The Balaban J connectivity index is 2.61. The minimum absolute atomic E-state index is 0.319. The summed E-state index contributed by atoms with van der Waals surface area (Å²) in [5.74, 6) is 0. The fraction of sp³-hybridized carbons (Fsp3) is 0. The maximum absolute atomic E-state index is 2.27. The van der Waals surface area contributed by atoms with Crippen molar-refractivity contribution in [3.05, 3.63) is 11.5 Å². The number of rotatable bonds is 0. The molecule has 0 bridgehead atoms. The maximum atomic E-state index is 2.27.